The fourth-order valence-corrected chi connectivity index (χ4v) is 3.00. The number of methoxy groups -OCH3 is 2. The maximum atomic E-state index is 12.7. The molecular weight excluding hydrogens is 451 g/mol. The summed E-state index contributed by atoms with van der Waals surface area (Å²) in [6.07, 6.45) is -5.08. The van der Waals surface area contributed by atoms with Crippen LogP contribution in [0.4, 0.5) is 18.9 Å². The van der Waals surface area contributed by atoms with Gasteiger partial charge in [-0.15, -0.1) is 13.2 Å². The standard InChI is InChI=1S/C20H14F3N3O7/c1-31-18(27)15-16(13-10-12(33-20(21,22)23)8-9-14(13)26(29)30)24-25(17(15)19(28)32-2)11-6-4-3-5-7-11/h3-10H,1-2H3. The molecule has 0 aliphatic rings. The molecule has 0 atom stereocenters. The van der Waals surface area contributed by atoms with Crippen LogP contribution in [0.1, 0.15) is 20.8 Å². The third kappa shape index (κ3) is 4.76. The second kappa shape index (κ2) is 8.98. The summed E-state index contributed by atoms with van der Waals surface area (Å²) < 4.78 is 52.5. The number of rotatable bonds is 6. The van der Waals surface area contributed by atoms with Crippen LogP contribution in [0.25, 0.3) is 16.9 Å². The van der Waals surface area contributed by atoms with Crippen LogP contribution in [0.5, 0.6) is 5.75 Å². The lowest BCUT2D eigenvalue weighted by atomic mass is 10.0. The summed E-state index contributed by atoms with van der Waals surface area (Å²) in [6.45, 7) is 0. The summed E-state index contributed by atoms with van der Waals surface area (Å²) in [7, 11) is 2.02. The van der Waals surface area contributed by atoms with E-state index in [9.17, 15) is 32.9 Å². The third-order valence-electron chi connectivity index (χ3n) is 4.31. The molecule has 2 aromatic carbocycles. The minimum Gasteiger partial charge on any atom is -0.465 e. The summed E-state index contributed by atoms with van der Waals surface area (Å²) >= 11 is 0. The molecule has 0 aliphatic heterocycles. The molecule has 1 aromatic heterocycles. The molecule has 0 N–H and O–H groups in total. The summed E-state index contributed by atoms with van der Waals surface area (Å²) in [5.74, 6) is -2.96. The summed E-state index contributed by atoms with van der Waals surface area (Å²) in [4.78, 5) is 35.9. The number of nitro groups is 1. The van der Waals surface area contributed by atoms with Gasteiger partial charge in [-0.25, -0.2) is 14.3 Å². The van der Waals surface area contributed by atoms with Gasteiger partial charge in [0.2, 0.25) is 0 Å². The van der Waals surface area contributed by atoms with Gasteiger partial charge in [0.1, 0.15) is 17.0 Å². The number of carbonyl (C=O) groups is 2. The van der Waals surface area contributed by atoms with Gasteiger partial charge in [0.15, 0.2) is 5.69 Å². The quantitative estimate of drug-likeness (QED) is 0.305. The topological polar surface area (TPSA) is 123 Å². The number of carbonyl (C=O) groups excluding carboxylic acids is 2. The highest BCUT2D eigenvalue weighted by atomic mass is 19.4. The number of hydrogen-bond donors (Lipinski definition) is 0. The average molecular weight is 465 g/mol. The predicted octanol–water partition coefficient (Wildman–Crippen LogP) is 3.92. The van der Waals surface area contributed by atoms with Crippen molar-refractivity contribution < 1.29 is 41.9 Å². The minimum absolute atomic E-state index is 0.264. The monoisotopic (exact) mass is 465 g/mol. The Bertz CT molecular complexity index is 1220. The molecule has 1 heterocycles. The zero-order chi connectivity index (χ0) is 24.3. The van der Waals surface area contributed by atoms with Crippen LogP contribution in [-0.4, -0.2) is 47.2 Å². The number of benzene rings is 2. The molecule has 0 fully saturated rings. The summed E-state index contributed by atoms with van der Waals surface area (Å²) in [5, 5.41) is 15.7. The van der Waals surface area contributed by atoms with Crippen LogP contribution in [-0.2, 0) is 9.47 Å². The third-order valence-corrected chi connectivity index (χ3v) is 4.31. The molecule has 3 aromatic rings. The van der Waals surface area contributed by atoms with Gasteiger partial charge in [-0.05, 0) is 24.3 Å². The normalized spacial score (nSPS) is 11.1. The van der Waals surface area contributed by atoms with E-state index < -0.39 is 57.2 Å². The zero-order valence-electron chi connectivity index (χ0n) is 17.0. The maximum Gasteiger partial charge on any atom is 0.573 e. The highest BCUT2D eigenvalue weighted by molar-refractivity contribution is 6.07. The maximum absolute atomic E-state index is 12.7. The Morgan fingerprint density at radius 1 is 1.03 bits per heavy atom. The molecular formula is C20H14F3N3O7. The Morgan fingerprint density at radius 3 is 2.21 bits per heavy atom. The molecule has 3 rings (SSSR count). The highest BCUT2D eigenvalue weighted by Crippen LogP contribution is 2.38. The fraction of sp³-hybridized carbons (Fsp3) is 0.150. The van der Waals surface area contributed by atoms with E-state index in [4.69, 9.17) is 9.47 Å². The van der Waals surface area contributed by atoms with E-state index >= 15 is 0 Å². The molecule has 0 unspecified atom stereocenters. The van der Waals surface area contributed by atoms with Crippen molar-refractivity contribution in [1.29, 1.82) is 0 Å². The van der Waals surface area contributed by atoms with E-state index in [-0.39, 0.29) is 5.69 Å². The van der Waals surface area contributed by atoms with Crippen molar-refractivity contribution in [2.45, 2.75) is 6.36 Å². The number of esters is 2. The first-order chi connectivity index (χ1) is 15.6. The van der Waals surface area contributed by atoms with Gasteiger partial charge < -0.3 is 14.2 Å². The molecule has 33 heavy (non-hydrogen) atoms. The number of nitrogens with zero attached hydrogens (tertiary/aromatic N) is 3. The van der Waals surface area contributed by atoms with Crippen LogP contribution in [0, 0.1) is 10.1 Å². The lowest BCUT2D eigenvalue weighted by Crippen LogP contribution is -2.17. The largest absolute Gasteiger partial charge is 0.573 e. The van der Waals surface area contributed by atoms with Crippen molar-refractivity contribution in [3.05, 3.63) is 69.9 Å². The molecule has 10 nitrogen and oxygen atoms in total. The van der Waals surface area contributed by atoms with Crippen LogP contribution >= 0.6 is 0 Å². The first kappa shape index (κ1) is 23.2. The van der Waals surface area contributed by atoms with Crippen LogP contribution in [0.2, 0.25) is 0 Å². The molecule has 0 amide bonds. The van der Waals surface area contributed by atoms with Gasteiger partial charge in [0.05, 0.1) is 30.4 Å². The van der Waals surface area contributed by atoms with E-state index in [0.29, 0.717) is 6.07 Å². The first-order valence-electron chi connectivity index (χ1n) is 8.97. The fourth-order valence-electron chi connectivity index (χ4n) is 3.00. The van der Waals surface area contributed by atoms with Gasteiger partial charge in [0, 0.05) is 6.07 Å². The van der Waals surface area contributed by atoms with Crippen molar-refractivity contribution in [2.24, 2.45) is 0 Å². The van der Waals surface area contributed by atoms with E-state index in [1.807, 2.05) is 0 Å². The number of aromatic nitrogens is 2. The molecule has 0 bridgehead atoms. The van der Waals surface area contributed by atoms with Crippen LogP contribution in [0.15, 0.2) is 48.5 Å². The first-order valence-corrected chi connectivity index (χ1v) is 8.97. The Labute approximate surface area is 183 Å². The lowest BCUT2D eigenvalue weighted by molar-refractivity contribution is -0.384. The number of hydrogen-bond acceptors (Lipinski definition) is 8. The number of alkyl halides is 3. The van der Waals surface area contributed by atoms with E-state index in [2.05, 4.69) is 9.84 Å². The van der Waals surface area contributed by atoms with Crippen LogP contribution in [0.3, 0.4) is 0 Å². The summed E-state index contributed by atoms with van der Waals surface area (Å²) in [5.41, 5.74) is -2.40. The second-order valence-corrected chi connectivity index (χ2v) is 6.29. The average Bonchev–Trinajstić information content (AvgIpc) is 3.18. The predicted molar refractivity (Wildman–Crippen MR) is 105 cm³/mol. The van der Waals surface area contributed by atoms with Crippen molar-refractivity contribution in [3.8, 4) is 22.7 Å². The van der Waals surface area contributed by atoms with E-state index in [1.54, 1.807) is 18.2 Å². The van der Waals surface area contributed by atoms with Crippen molar-refractivity contribution in [2.75, 3.05) is 14.2 Å². The van der Waals surface area contributed by atoms with E-state index in [0.717, 1.165) is 31.0 Å². The number of ether oxygens (including phenoxy) is 3. The van der Waals surface area contributed by atoms with Crippen molar-refractivity contribution in [3.63, 3.8) is 0 Å². The Kier molecular flexibility index (Phi) is 6.33. The zero-order valence-corrected chi connectivity index (χ0v) is 17.0. The molecule has 0 saturated carbocycles. The van der Waals surface area contributed by atoms with Crippen LogP contribution < -0.4 is 4.74 Å². The Hall–Kier alpha value is -4.42. The molecule has 172 valence electrons. The molecule has 0 spiro atoms. The van der Waals surface area contributed by atoms with Gasteiger partial charge in [-0.2, -0.15) is 5.10 Å². The highest BCUT2D eigenvalue weighted by Gasteiger charge is 2.36. The number of para-hydroxylation sites is 1. The Balaban J connectivity index is 2.40. The minimum atomic E-state index is -5.08. The molecule has 0 radical (unpaired) electrons. The second-order valence-electron chi connectivity index (χ2n) is 6.29. The SMILES string of the molecule is COC(=O)c1c(-c2cc(OC(F)(F)F)ccc2[N+](=O)[O-])nn(-c2ccccc2)c1C(=O)OC. The lowest BCUT2D eigenvalue weighted by Gasteiger charge is -2.10. The molecule has 0 aliphatic carbocycles. The molecule has 13 heteroatoms. The van der Waals surface area contributed by atoms with Gasteiger partial charge >= 0.3 is 18.3 Å². The van der Waals surface area contributed by atoms with E-state index in [1.165, 1.54) is 12.1 Å². The van der Waals surface area contributed by atoms with Crippen molar-refractivity contribution in [1.82, 2.24) is 9.78 Å². The van der Waals surface area contributed by atoms with Crippen molar-refractivity contribution >= 4 is 17.6 Å². The number of nitro benzene ring substituents is 1. The summed E-state index contributed by atoms with van der Waals surface area (Å²) in [6, 6.07) is 10.1. The molecule has 0 saturated heterocycles. The smallest absolute Gasteiger partial charge is 0.465 e. The number of halogens is 3. The van der Waals surface area contributed by atoms with Gasteiger partial charge in [0.25, 0.3) is 5.69 Å². The van der Waals surface area contributed by atoms with Gasteiger partial charge in [-0.1, -0.05) is 18.2 Å². The Morgan fingerprint density at radius 2 is 1.67 bits per heavy atom. The van der Waals surface area contributed by atoms with Gasteiger partial charge in [-0.3, -0.25) is 10.1 Å².